The molecule has 4 aromatic rings. The summed E-state index contributed by atoms with van der Waals surface area (Å²) < 4.78 is 1.35. The minimum atomic E-state index is -0.552. The number of aromatic amines is 1. The molecule has 2 heterocycles. The SMILES string of the molecule is CN(Cc1cnc(-c2ccc(Cl)cc2)nc1)c1c(N)n(Cc2ccccc2)c(=O)[nH]c1=O. The first kappa shape index (κ1) is 21.3. The van der Waals surface area contributed by atoms with Gasteiger partial charge < -0.3 is 10.6 Å². The van der Waals surface area contributed by atoms with Crippen molar-refractivity contribution in [1.82, 2.24) is 19.5 Å². The minimum Gasteiger partial charge on any atom is -0.383 e. The molecule has 0 aliphatic carbocycles. The van der Waals surface area contributed by atoms with Gasteiger partial charge in [-0.2, -0.15) is 0 Å². The molecule has 8 nitrogen and oxygen atoms in total. The summed E-state index contributed by atoms with van der Waals surface area (Å²) in [5, 5.41) is 0.642. The van der Waals surface area contributed by atoms with Crippen molar-refractivity contribution < 1.29 is 0 Å². The van der Waals surface area contributed by atoms with Crippen molar-refractivity contribution in [2.24, 2.45) is 0 Å². The molecular weight excluding hydrogens is 428 g/mol. The smallest absolute Gasteiger partial charge is 0.330 e. The highest BCUT2D eigenvalue weighted by molar-refractivity contribution is 6.30. The Kier molecular flexibility index (Phi) is 6.04. The van der Waals surface area contributed by atoms with Crippen LogP contribution in [0.2, 0.25) is 5.02 Å². The number of hydrogen-bond donors (Lipinski definition) is 2. The summed E-state index contributed by atoms with van der Waals surface area (Å²) in [6.45, 7) is 0.583. The fourth-order valence-electron chi connectivity index (χ4n) is 3.41. The number of H-pyrrole nitrogens is 1. The van der Waals surface area contributed by atoms with Crippen molar-refractivity contribution in [3.8, 4) is 11.4 Å². The molecule has 0 amide bonds. The molecule has 0 fully saturated rings. The van der Waals surface area contributed by atoms with Crippen molar-refractivity contribution in [2.75, 3.05) is 17.7 Å². The molecule has 0 saturated heterocycles. The Morgan fingerprint density at radius 1 is 1.00 bits per heavy atom. The molecule has 0 bridgehead atoms. The number of nitrogens with two attached hydrogens (primary N) is 1. The number of aromatic nitrogens is 4. The summed E-state index contributed by atoms with van der Waals surface area (Å²) >= 11 is 5.93. The van der Waals surface area contributed by atoms with Gasteiger partial charge in [-0.15, -0.1) is 0 Å². The third-order valence-electron chi connectivity index (χ3n) is 5.01. The van der Waals surface area contributed by atoms with Crippen molar-refractivity contribution >= 4 is 23.1 Å². The minimum absolute atomic E-state index is 0.101. The topological polar surface area (TPSA) is 110 Å². The predicted molar refractivity (Wildman–Crippen MR) is 126 cm³/mol. The fraction of sp³-hybridized carbons (Fsp3) is 0.130. The number of nitrogens with one attached hydrogen (secondary N) is 1. The van der Waals surface area contributed by atoms with Gasteiger partial charge in [-0.3, -0.25) is 14.3 Å². The number of benzene rings is 2. The maximum Gasteiger partial charge on any atom is 0.330 e. The molecule has 2 aromatic carbocycles. The Labute approximate surface area is 189 Å². The maximum absolute atomic E-state index is 12.5. The van der Waals surface area contributed by atoms with E-state index in [9.17, 15) is 9.59 Å². The summed E-state index contributed by atoms with van der Waals surface area (Å²) in [6.07, 6.45) is 3.38. The third-order valence-corrected chi connectivity index (χ3v) is 5.26. The molecule has 0 saturated carbocycles. The van der Waals surface area contributed by atoms with Gasteiger partial charge in [0.05, 0.1) is 6.54 Å². The van der Waals surface area contributed by atoms with E-state index in [-0.39, 0.29) is 18.1 Å². The van der Waals surface area contributed by atoms with Gasteiger partial charge in [-0.05, 0) is 29.8 Å². The first-order valence-corrected chi connectivity index (χ1v) is 10.2. The average Bonchev–Trinajstić information content (AvgIpc) is 2.78. The predicted octanol–water partition coefficient (Wildman–Crippen LogP) is 2.91. The highest BCUT2D eigenvalue weighted by atomic mass is 35.5. The molecular formula is C23H21ClN6O2. The van der Waals surface area contributed by atoms with Gasteiger partial charge in [0.1, 0.15) is 11.5 Å². The van der Waals surface area contributed by atoms with Gasteiger partial charge in [0.2, 0.25) is 0 Å². The second kappa shape index (κ2) is 9.07. The first-order valence-electron chi connectivity index (χ1n) is 9.87. The molecule has 4 rings (SSSR count). The summed E-state index contributed by atoms with van der Waals surface area (Å²) in [5.41, 5.74) is 7.90. The monoisotopic (exact) mass is 448 g/mol. The number of nitrogens with zero attached hydrogens (tertiary/aromatic N) is 4. The Morgan fingerprint density at radius 3 is 2.31 bits per heavy atom. The molecule has 0 atom stereocenters. The van der Waals surface area contributed by atoms with E-state index in [1.807, 2.05) is 42.5 Å². The van der Waals surface area contributed by atoms with Crippen LogP contribution in [0.4, 0.5) is 11.5 Å². The number of nitrogen functional groups attached to an aromatic ring is 1. The van der Waals surface area contributed by atoms with Crippen LogP contribution in [0.15, 0.2) is 76.6 Å². The van der Waals surface area contributed by atoms with Crippen LogP contribution in [-0.4, -0.2) is 26.6 Å². The average molecular weight is 449 g/mol. The molecule has 162 valence electrons. The Hall–Kier alpha value is -3.91. The Balaban J connectivity index is 1.58. The van der Waals surface area contributed by atoms with Gasteiger partial charge in [0.25, 0.3) is 5.56 Å². The lowest BCUT2D eigenvalue weighted by Crippen LogP contribution is -2.37. The van der Waals surface area contributed by atoms with E-state index >= 15 is 0 Å². The summed E-state index contributed by atoms with van der Waals surface area (Å²) in [6, 6.07) is 16.7. The Bertz CT molecular complexity index is 1330. The van der Waals surface area contributed by atoms with Crippen molar-refractivity contribution in [1.29, 1.82) is 0 Å². The number of anilines is 2. The molecule has 0 radical (unpaired) electrons. The van der Waals surface area contributed by atoms with Crippen LogP contribution >= 0.6 is 11.6 Å². The van der Waals surface area contributed by atoms with Crippen LogP contribution in [0, 0.1) is 0 Å². The van der Waals surface area contributed by atoms with Crippen LogP contribution in [0.5, 0.6) is 0 Å². The molecule has 2 aromatic heterocycles. The largest absolute Gasteiger partial charge is 0.383 e. The van der Waals surface area contributed by atoms with Gasteiger partial charge in [0.15, 0.2) is 5.82 Å². The van der Waals surface area contributed by atoms with E-state index in [2.05, 4.69) is 15.0 Å². The quantitative estimate of drug-likeness (QED) is 0.469. The zero-order valence-corrected chi connectivity index (χ0v) is 18.1. The summed E-state index contributed by atoms with van der Waals surface area (Å²) in [7, 11) is 1.73. The maximum atomic E-state index is 12.5. The number of halogens is 1. The molecule has 0 aliphatic heterocycles. The van der Waals surface area contributed by atoms with E-state index in [1.165, 1.54) is 4.57 Å². The zero-order valence-electron chi connectivity index (χ0n) is 17.3. The van der Waals surface area contributed by atoms with Crippen LogP contribution in [-0.2, 0) is 13.1 Å². The normalized spacial score (nSPS) is 10.8. The van der Waals surface area contributed by atoms with E-state index < -0.39 is 11.2 Å². The van der Waals surface area contributed by atoms with Crippen molar-refractivity contribution in [2.45, 2.75) is 13.1 Å². The standard InChI is InChI=1S/C23H21ClN6O2/c1-29(13-16-11-26-21(27-12-16)17-7-9-18(24)10-8-17)19-20(25)30(23(32)28-22(19)31)14-15-5-3-2-4-6-15/h2-12H,13-14,25H2,1H3,(H,28,31,32). The number of rotatable bonds is 6. The van der Waals surface area contributed by atoms with E-state index in [0.717, 1.165) is 16.7 Å². The second-order valence-corrected chi connectivity index (χ2v) is 7.78. The molecule has 3 N–H and O–H groups in total. The lowest BCUT2D eigenvalue weighted by Gasteiger charge is -2.21. The van der Waals surface area contributed by atoms with Crippen LogP contribution in [0.3, 0.4) is 0 Å². The van der Waals surface area contributed by atoms with Gasteiger partial charge in [-0.25, -0.2) is 14.8 Å². The lowest BCUT2D eigenvalue weighted by molar-refractivity contribution is 0.725. The van der Waals surface area contributed by atoms with Crippen LogP contribution in [0.1, 0.15) is 11.1 Å². The van der Waals surface area contributed by atoms with Crippen molar-refractivity contribution in [3.05, 3.63) is 104 Å². The first-order chi connectivity index (χ1) is 15.4. The van der Waals surface area contributed by atoms with Gasteiger partial charge >= 0.3 is 5.69 Å². The van der Waals surface area contributed by atoms with Gasteiger partial charge in [-0.1, -0.05) is 41.9 Å². The van der Waals surface area contributed by atoms with E-state index in [4.69, 9.17) is 17.3 Å². The van der Waals surface area contributed by atoms with Crippen LogP contribution < -0.4 is 21.9 Å². The Morgan fingerprint density at radius 2 is 1.66 bits per heavy atom. The molecule has 0 aliphatic rings. The summed E-state index contributed by atoms with van der Waals surface area (Å²) in [4.78, 5) is 37.7. The highest BCUT2D eigenvalue weighted by Crippen LogP contribution is 2.20. The molecule has 9 heteroatoms. The molecule has 0 unspecified atom stereocenters. The number of hydrogen-bond acceptors (Lipinski definition) is 6. The van der Waals surface area contributed by atoms with E-state index in [1.54, 1.807) is 36.5 Å². The fourth-order valence-corrected chi connectivity index (χ4v) is 3.53. The summed E-state index contributed by atoms with van der Waals surface area (Å²) in [5.74, 6) is 0.672. The highest BCUT2D eigenvalue weighted by Gasteiger charge is 2.17. The van der Waals surface area contributed by atoms with Crippen LogP contribution in [0.25, 0.3) is 11.4 Å². The van der Waals surface area contributed by atoms with Crippen molar-refractivity contribution in [3.63, 3.8) is 0 Å². The zero-order chi connectivity index (χ0) is 22.7. The molecule has 32 heavy (non-hydrogen) atoms. The third kappa shape index (κ3) is 4.55. The van der Waals surface area contributed by atoms with E-state index in [0.29, 0.717) is 17.4 Å². The second-order valence-electron chi connectivity index (χ2n) is 7.34. The van der Waals surface area contributed by atoms with Gasteiger partial charge in [0, 0.05) is 42.1 Å². The molecule has 0 spiro atoms. The lowest BCUT2D eigenvalue weighted by atomic mass is 10.2.